The van der Waals surface area contributed by atoms with Gasteiger partial charge in [0.25, 0.3) is 5.91 Å². The van der Waals surface area contributed by atoms with E-state index in [1.165, 1.54) is 0 Å². The van der Waals surface area contributed by atoms with Crippen LogP contribution in [0.2, 0.25) is 0 Å². The largest absolute Gasteiger partial charge is 0.445 e. The summed E-state index contributed by atoms with van der Waals surface area (Å²) in [6.07, 6.45) is 1.79. The van der Waals surface area contributed by atoms with Crippen molar-refractivity contribution < 1.29 is 24.2 Å². The zero-order valence-electron chi connectivity index (χ0n) is 22.2. The summed E-state index contributed by atoms with van der Waals surface area (Å²) in [5, 5.41) is 19.2. The molecule has 0 saturated heterocycles. The fourth-order valence-corrected chi connectivity index (χ4v) is 3.95. The molecule has 0 saturated carbocycles. The van der Waals surface area contributed by atoms with E-state index in [1.54, 1.807) is 24.5 Å². The predicted octanol–water partition coefficient (Wildman–Crippen LogP) is 3.13. The van der Waals surface area contributed by atoms with E-state index < -0.39 is 36.1 Å². The Labute approximate surface area is 229 Å². The molecule has 0 unspecified atom stereocenters. The Balaban J connectivity index is 1.69. The van der Waals surface area contributed by atoms with E-state index in [0.717, 1.165) is 16.7 Å². The van der Waals surface area contributed by atoms with E-state index >= 15 is 0 Å². The van der Waals surface area contributed by atoms with E-state index in [1.807, 2.05) is 74.5 Å². The average molecular weight is 533 g/mol. The van der Waals surface area contributed by atoms with Crippen molar-refractivity contribution in [2.24, 2.45) is 5.92 Å². The quantitative estimate of drug-likeness (QED) is 0.268. The Morgan fingerprint density at radius 1 is 0.846 bits per heavy atom. The molecular weight excluding hydrogens is 496 g/mol. The smallest absolute Gasteiger partial charge is 0.408 e. The second-order valence-electron chi connectivity index (χ2n) is 9.39. The third-order valence-corrected chi connectivity index (χ3v) is 6.47. The number of nitrogens with one attached hydrogen (secondary N) is 3. The molecule has 0 fully saturated rings. The minimum absolute atomic E-state index is 0.0640. The molecule has 0 radical (unpaired) electrons. The number of aliphatic hydroxyl groups excluding tert-OH is 1. The van der Waals surface area contributed by atoms with Gasteiger partial charge in [-0.1, -0.05) is 80.9 Å². The standard InChI is InChI=1S/C30H36N4O5/c1-3-21(2)26(34-30(38)39-20-24-12-8-5-9-13-24)28(36)33-25(18-22-10-6-4-7-11-22)27(35)29(37)32-19-23-14-16-31-17-15-23/h4-17,21,25-27,35H,3,18-20H2,1-2H3,(H,32,37)(H,33,36)(H,34,38)/t21-,25-,26-,27+/m0/s1. The van der Waals surface area contributed by atoms with Crippen LogP contribution in [0.15, 0.2) is 85.2 Å². The molecule has 3 aromatic rings. The van der Waals surface area contributed by atoms with Crippen molar-refractivity contribution in [2.45, 2.75) is 58.0 Å². The highest BCUT2D eigenvalue weighted by atomic mass is 16.5. The second kappa shape index (κ2) is 15.2. The highest BCUT2D eigenvalue weighted by Gasteiger charge is 2.33. The number of ether oxygens (including phenoxy) is 1. The third kappa shape index (κ3) is 9.54. The van der Waals surface area contributed by atoms with Gasteiger partial charge in [0.15, 0.2) is 6.10 Å². The first-order valence-electron chi connectivity index (χ1n) is 13.0. The van der Waals surface area contributed by atoms with Crippen molar-refractivity contribution in [3.8, 4) is 0 Å². The molecule has 0 bridgehead atoms. The SMILES string of the molecule is CC[C@H](C)[C@H](NC(=O)OCc1ccccc1)C(=O)N[C@@H](Cc1ccccc1)[C@@H](O)C(=O)NCc1ccncc1. The molecule has 4 N–H and O–H groups in total. The van der Waals surface area contributed by atoms with Crippen LogP contribution in [0.1, 0.15) is 37.0 Å². The molecule has 1 heterocycles. The Morgan fingerprint density at radius 2 is 1.46 bits per heavy atom. The van der Waals surface area contributed by atoms with Crippen molar-refractivity contribution in [1.29, 1.82) is 0 Å². The molecule has 1 aromatic heterocycles. The number of carbonyl (C=O) groups excluding carboxylic acids is 3. The number of aliphatic hydroxyl groups is 1. The van der Waals surface area contributed by atoms with Gasteiger partial charge in [-0.2, -0.15) is 0 Å². The third-order valence-electron chi connectivity index (χ3n) is 6.47. The van der Waals surface area contributed by atoms with Gasteiger partial charge in [-0.3, -0.25) is 14.6 Å². The van der Waals surface area contributed by atoms with Crippen LogP contribution in [0.4, 0.5) is 4.79 Å². The van der Waals surface area contributed by atoms with Crippen LogP contribution in [-0.2, 0) is 33.9 Å². The molecule has 39 heavy (non-hydrogen) atoms. The van der Waals surface area contributed by atoms with Gasteiger partial charge >= 0.3 is 6.09 Å². The fraction of sp³-hybridized carbons (Fsp3) is 0.333. The number of alkyl carbamates (subject to hydrolysis) is 1. The molecule has 0 aliphatic rings. The molecule has 206 valence electrons. The summed E-state index contributed by atoms with van der Waals surface area (Å²) in [4.78, 5) is 42.8. The van der Waals surface area contributed by atoms with Crippen LogP contribution in [0.3, 0.4) is 0 Å². The van der Waals surface area contributed by atoms with Crippen molar-refractivity contribution in [3.05, 3.63) is 102 Å². The Morgan fingerprint density at radius 3 is 2.08 bits per heavy atom. The van der Waals surface area contributed by atoms with E-state index in [9.17, 15) is 19.5 Å². The number of amides is 3. The van der Waals surface area contributed by atoms with Gasteiger partial charge in [0, 0.05) is 18.9 Å². The lowest BCUT2D eigenvalue weighted by molar-refractivity contribution is -0.133. The van der Waals surface area contributed by atoms with Crippen LogP contribution < -0.4 is 16.0 Å². The van der Waals surface area contributed by atoms with E-state index in [0.29, 0.717) is 6.42 Å². The Kier molecular flexibility index (Phi) is 11.5. The molecule has 4 atom stereocenters. The summed E-state index contributed by atoms with van der Waals surface area (Å²) in [5.74, 6) is -1.37. The van der Waals surface area contributed by atoms with E-state index in [-0.39, 0.29) is 25.5 Å². The highest BCUT2D eigenvalue weighted by Crippen LogP contribution is 2.12. The molecule has 9 nitrogen and oxygen atoms in total. The molecule has 3 rings (SSSR count). The predicted molar refractivity (Wildman–Crippen MR) is 147 cm³/mol. The number of pyridine rings is 1. The minimum Gasteiger partial charge on any atom is -0.445 e. The first-order chi connectivity index (χ1) is 18.9. The van der Waals surface area contributed by atoms with Crippen LogP contribution in [-0.4, -0.2) is 46.2 Å². The van der Waals surface area contributed by atoms with Gasteiger partial charge in [0.2, 0.25) is 5.91 Å². The first-order valence-corrected chi connectivity index (χ1v) is 13.0. The van der Waals surface area contributed by atoms with E-state index in [2.05, 4.69) is 20.9 Å². The highest BCUT2D eigenvalue weighted by molar-refractivity contribution is 5.87. The van der Waals surface area contributed by atoms with Gasteiger partial charge in [-0.05, 0) is 41.2 Å². The van der Waals surface area contributed by atoms with Gasteiger partial charge in [0.1, 0.15) is 12.6 Å². The van der Waals surface area contributed by atoms with Gasteiger partial charge in [0.05, 0.1) is 6.04 Å². The number of benzene rings is 2. The van der Waals surface area contributed by atoms with E-state index in [4.69, 9.17) is 4.74 Å². The second-order valence-corrected chi connectivity index (χ2v) is 9.39. The molecule has 0 aliphatic carbocycles. The lowest BCUT2D eigenvalue weighted by Crippen LogP contribution is -2.57. The van der Waals surface area contributed by atoms with Crippen LogP contribution >= 0.6 is 0 Å². The summed E-state index contributed by atoms with van der Waals surface area (Å²) in [6.45, 7) is 4.01. The van der Waals surface area contributed by atoms with Crippen molar-refractivity contribution >= 4 is 17.9 Å². The first kappa shape index (κ1) is 29.3. The normalized spacial score (nSPS) is 13.8. The van der Waals surface area contributed by atoms with Crippen LogP contribution in [0, 0.1) is 5.92 Å². The summed E-state index contributed by atoms with van der Waals surface area (Å²) in [5.41, 5.74) is 2.48. The molecular formula is C30H36N4O5. The summed E-state index contributed by atoms with van der Waals surface area (Å²) in [7, 11) is 0. The molecule has 3 amide bonds. The zero-order valence-corrected chi connectivity index (χ0v) is 22.2. The number of nitrogens with zero attached hydrogens (tertiary/aromatic N) is 1. The van der Waals surface area contributed by atoms with Gasteiger partial charge in [-0.15, -0.1) is 0 Å². The summed E-state index contributed by atoms with van der Waals surface area (Å²) < 4.78 is 5.32. The monoisotopic (exact) mass is 532 g/mol. The zero-order chi connectivity index (χ0) is 28.0. The summed E-state index contributed by atoms with van der Waals surface area (Å²) >= 11 is 0. The maximum absolute atomic E-state index is 13.4. The molecule has 0 spiro atoms. The lowest BCUT2D eigenvalue weighted by Gasteiger charge is -2.28. The number of aromatic nitrogens is 1. The fourth-order valence-electron chi connectivity index (χ4n) is 3.95. The number of hydrogen-bond acceptors (Lipinski definition) is 6. The molecule has 2 aromatic carbocycles. The number of carbonyl (C=O) groups is 3. The maximum Gasteiger partial charge on any atom is 0.408 e. The van der Waals surface area contributed by atoms with Crippen molar-refractivity contribution in [2.75, 3.05) is 0 Å². The van der Waals surface area contributed by atoms with Gasteiger partial charge in [-0.25, -0.2) is 4.79 Å². The van der Waals surface area contributed by atoms with Crippen LogP contribution in [0.5, 0.6) is 0 Å². The molecule has 0 aliphatic heterocycles. The van der Waals surface area contributed by atoms with Crippen molar-refractivity contribution in [3.63, 3.8) is 0 Å². The maximum atomic E-state index is 13.4. The average Bonchev–Trinajstić information content (AvgIpc) is 2.98. The van der Waals surface area contributed by atoms with Crippen LogP contribution in [0.25, 0.3) is 0 Å². The van der Waals surface area contributed by atoms with Gasteiger partial charge < -0.3 is 25.8 Å². The number of hydrogen-bond donors (Lipinski definition) is 4. The lowest BCUT2D eigenvalue weighted by atomic mass is 9.96. The van der Waals surface area contributed by atoms with Crippen molar-refractivity contribution in [1.82, 2.24) is 20.9 Å². The molecule has 9 heteroatoms. The Hall–Kier alpha value is -4.24. The number of rotatable bonds is 13. The topological polar surface area (TPSA) is 130 Å². The Bertz CT molecular complexity index is 1180. The minimum atomic E-state index is -1.53. The summed E-state index contributed by atoms with van der Waals surface area (Å²) in [6, 6.07) is 20.1.